The Bertz CT molecular complexity index is 311. The zero-order valence-electron chi connectivity index (χ0n) is 8.13. The monoisotopic (exact) mass is 275 g/mol. The largest absolute Gasteiger partial charge is 0.330 e. The summed E-state index contributed by atoms with van der Waals surface area (Å²) in [5.74, 6) is 0.288. The van der Waals surface area contributed by atoms with Gasteiger partial charge in [0.15, 0.2) is 5.78 Å². The van der Waals surface area contributed by atoms with Crippen LogP contribution in [0, 0.1) is 5.92 Å². The van der Waals surface area contributed by atoms with Gasteiger partial charge in [-0.15, -0.1) is 0 Å². The molecule has 0 bridgehead atoms. The molecule has 0 spiro atoms. The van der Waals surface area contributed by atoms with E-state index in [-0.39, 0.29) is 11.7 Å². The van der Waals surface area contributed by atoms with Gasteiger partial charge in [-0.3, -0.25) is 4.79 Å². The molecule has 2 nitrogen and oxygen atoms in total. The lowest BCUT2D eigenvalue weighted by Gasteiger charge is -2.08. The first-order chi connectivity index (χ1) is 6.66. The number of hydrogen-bond donors (Lipinski definition) is 1. The normalized spacial score (nSPS) is 12.8. The molecule has 0 aliphatic carbocycles. The standard InChI is InChI=1S/C10H14BrNOS/c1-7(3-2-4-12)10(13)8-5-14-6-9(8)11/h5-7H,2-4,12H2,1H3. The highest BCUT2D eigenvalue weighted by molar-refractivity contribution is 9.10. The summed E-state index contributed by atoms with van der Waals surface area (Å²) in [4.78, 5) is 11.9. The van der Waals surface area contributed by atoms with Gasteiger partial charge in [0.05, 0.1) is 0 Å². The average Bonchev–Trinajstić information content (AvgIpc) is 2.59. The molecule has 1 heterocycles. The minimum Gasteiger partial charge on any atom is -0.330 e. The predicted molar refractivity (Wildman–Crippen MR) is 63.8 cm³/mol. The highest BCUT2D eigenvalue weighted by Crippen LogP contribution is 2.25. The summed E-state index contributed by atoms with van der Waals surface area (Å²) in [6.07, 6.45) is 1.78. The number of hydrogen-bond acceptors (Lipinski definition) is 3. The Balaban J connectivity index is 2.61. The van der Waals surface area contributed by atoms with E-state index in [1.165, 1.54) is 0 Å². The molecular formula is C10H14BrNOS. The molecule has 78 valence electrons. The van der Waals surface area contributed by atoms with Gasteiger partial charge in [0, 0.05) is 26.7 Å². The van der Waals surface area contributed by atoms with E-state index in [2.05, 4.69) is 15.9 Å². The maximum absolute atomic E-state index is 11.9. The quantitative estimate of drug-likeness (QED) is 0.840. The van der Waals surface area contributed by atoms with Crippen molar-refractivity contribution >= 4 is 33.0 Å². The highest BCUT2D eigenvalue weighted by Gasteiger charge is 2.17. The lowest BCUT2D eigenvalue weighted by Crippen LogP contribution is -2.12. The molecule has 0 aliphatic heterocycles. The number of rotatable bonds is 5. The molecule has 4 heteroatoms. The van der Waals surface area contributed by atoms with Crippen molar-refractivity contribution in [3.8, 4) is 0 Å². The Morgan fingerprint density at radius 1 is 1.64 bits per heavy atom. The van der Waals surface area contributed by atoms with E-state index >= 15 is 0 Å². The van der Waals surface area contributed by atoms with Crippen molar-refractivity contribution < 1.29 is 4.79 Å². The zero-order valence-corrected chi connectivity index (χ0v) is 10.5. The van der Waals surface area contributed by atoms with Crippen LogP contribution in [-0.4, -0.2) is 12.3 Å². The fourth-order valence-electron chi connectivity index (χ4n) is 1.28. The van der Waals surface area contributed by atoms with Gasteiger partial charge in [-0.2, -0.15) is 11.3 Å². The number of ketones is 1. The van der Waals surface area contributed by atoms with Gasteiger partial charge >= 0.3 is 0 Å². The van der Waals surface area contributed by atoms with Crippen molar-refractivity contribution in [1.29, 1.82) is 0 Å². The number of carbonyl (C=O) groups is 1. The van der Waals surface area contributed by atoms with Gasteiger partial charge < -0.3 is 5.73 Å². The number of Topliss-reactive ketones (excluding diaryl/α,β-unsaturated/α-hetero) is 1. The van der Waals surface area contributed by atoms with Crippen LogP contribution >= 0.6 is 27.3 Å². The Morgan fingerprint density at radius 3 is 2.86 bits per heavy atom. The minimum absolute atomic E-state index is 0.0736. The van der Waals surface area contributed by atoms with Crippen LogP contribution in [0.25, 0.3) is 0 Å². The molecular weight excluding hydrogens is 262 g/mol. The van der Waals surface area contributed by atoms with Gasteiger partial charge in [-0.05, 0) is 35.3 Å². The maximum Gasteiger partial charge on any atom is 0.167 e. The smallest absolute Gasteiger partial charge is 0.167 e. The van der Waals surface area contributed by atoms with E-state index < -0.39 is 0 Å². The van der Waals surface area contributed by atoms with Crippen LogP contribution in [0.4, 0.5) is 0 Å². The zero-order chi connectivity index (χ0) is 10.6. The van der Waals surface area contributed by atoms with Crippen LogP contribution in [0.1, 0.15) is 30.1 Å². The molecule has 1 aromatic rings. The third-order valence-corrected chi connectivity index (χ3v) is 3.87. The van der Waals surface area contributed by atoms with E-state index in [9.17, 15) is 4.79 Å². The molecule has 0 saturated carbocycles. The molecule has 1 atom stereocenters. The molecule has 1 aromatic heterocycles. The molecule has 0 aliphatic rings. The van der Waals surface area contributed by atoms with E-state index in [0.717, 1.165) is 22.9 Å². The molecule has 0 radical (unpaired) electrons. The maximum atomic E-state index is 11.9. The summed E-state index contributed by atoms with van der Waals surface area (Å²) in [7, 11) is 0. The number of thiophene rings is 1. The number of carbonyl (C=O) groups excluding carboxylic acids is 1. The first-order valence-electron chi connectivity index (χ1n) is 4.62. The van der Waals surface area contributed by atoms with Crippen molar-refractivity contribution in [2.24, 2.45) is 11.7 Å². The summed E-state index contributed by atoms with van der Waals surface area (Å²) in [5.41, 5.74) is 6.21. The Kier molecular flexibility index (Phi) is 4.78. The van der Waals surface area contributed by atoms with E-state index in [4.69, 9.17) is 5.73 Å². The topological polar surface area (TPSA) is 43.1 Å². The molecule has 2 N–H and O–H groups in total. The van der Waals surface area contributed by atoms with Crippen LogP contribution in [0.5, 0.6) is 0 Å². The van der Waals surface area contributed by atoms with Crippen LogP contribution < -0.4 is 5.73 Å². The molecule has 1 rings (SSSR count). The summed E-state index contributed by atoms with van der Waals surface area (Å²) >= 11 is 4.91. The van der Waals surface area contributed by atoms with Crippen LogP contribution in [0.15, 0.2) is 15.2 Å². The summed E-state index contributed by atoms with van der Waals surface area (Å²) in [6, 6.07) is 0. The molecule has 0 aromatic carbocycles. The first kappa shape index (κ1) is 11.9. The van der Waals surface area contributed by atoms with Gasteiger partial charge in [0.1, 0.15) is 0 Å². The third kappa shape index (κ3) is 2.90. The summed E-state index contributed by atoms with van der Waals surface area (Å²) < 4.78 is 0.909. The molecule has 0 amide bonds. The predicted octanol–water partition coefficient (Wildman–Crippen LogP) is 3.07. The first-order valence-corrected chi connectivity index (χ1v) is 6.36. The number of halogens is 1. The van der Waals surface area contributed by atoms with Crippen LogP contribution in [-0.2, 0) is 0 Å². The Morgan fingerprint density at radius 2 is 2.36 bits per heavy atom. The third-order valence-electron chi connectivity index (χ3n) is 2.17. The van der Waals surface area contributed by atoms with Crippen molar-refractivity contribution in [2.75, 3.05) is 6.54 Å². The Labute approximate surface area is 96.6 Å². The van der Waals surface area contributed by atoms with Gasteiger partial charge in [-0.1, -0.05) is 6.92 Å². The fraction of sp³-hybridized carbons (Fsp3) is 0.500. The second-order valence-electron chi connectivity index (χ2n) is 3.33. The lowest BCUT2D eigenvalue weighted by molar-refractivity contribution is 0.0923. The van der Waals surface area contributed by atoms with Gasteiger partial charge in [-0.25, -0.2) is 0 Å². The van der Waals surface area contributed by atoms with Gasteiger partial charge in [0.25, 0.3) is 0 Å². The van der Waals surface area contributed by atoms with Crippen molar-refractivity contribution in [3.63, 3.8) is 0 Å². The fourth-order valence-corrected chi connectivity index (χ4v) is 2.76. The highest BCUT2D eigenvalue weighted by atomic mass is 79.9. The van der Waals surface area contributed by atoms with E-state index in [1.807, 2.05) is 17.7 Å². The number of nitrogens with two attached hydrogens (primary N) is 1. The van der Waals surface area contributed by atoms with E-state index in [1.54, 1.807) is 11.3 Å². The van der Waals surface area contributed by atoms with Crippen LogP contribution in [0.2, 0.25) is 0 Å². The second kappa shape index (κ2) is 5.63. The molecule has 0 fully saturated rings. The van der Waals surface area contributed by atoms with Crippen molar-refractivity contribution in [1.82, 2.24) is 0 Å². The molecule has 1 unspecified atom stereocenters. The van der Waals surface area contributed by atoms with Crippen LogP contribution in [0.3, 0.4) is 0 Å². The summed E-state index contributed by atoms with van der Waals surface area (Å²) in [5, 5.41) is 3.83. The second-order valence-corrected chi connectivity index (χ2v) is 4.93. The summed E-state index contributed by atoms with van der Waals surface area (Å²) in [6.45, 7) is 2.62. The SMILES string of the molecule is CC(CCCN)C(=O)c1cscc1Br. The molecule has 0 saturated heterocycles. The minimum atomic E-state index is 0.0736. The lowest BCUT2D eigenvalue weighted by atomic mass is 9.97. The van der Waals surface area contributed by atoms with Gasteiger partial charge in [0.2, 0.25) is 0 Å². The molecule has 14 heavy (non-hydrogen) atoms. The van der Waals surface area contributed by atoms with Crippen molar-refractivity contribution in [2.45, 2.75) is 19.8 Å². The average molecular weight is 276 g/mol. The Hall–Kier alpha value is -0.190. The van der Waals surface area contributed by atoms with Crippen molar-refractivity contribution in [3.05, 3.63) is 20.8 Å². The van der Waals surface area contributed by atoms with E-state index in [0.29, 0.717) is 6.54 Å².